The second-order valence-electron chi connectivity index (χ2n) is 4.08. The molecule has 0 amide bonds. The Balaban J connectivity index is 2.69. The lowest BCUT2D eigenvalue weighted by Crippen LogP contribution is -2.34. The third-order valence-electron chi connectivity index (χ3n) is 2.15. The van der Waals surface area contributed by atoms with Gasteiger partial charge in [-0.15, -0.1) is 0 Å². The molecule has 4 nitrogen and oxygen atoms in total. The summed E-state index contributed by atoms with van der Waals surface area (Å²) in [7, 11) is -3.69. The molecule has 0 saturated carbocycles. The average Bonchev–Trinajstić information content (AvgIpc) is 2.23. The zero-order valence-corrected chi connectivity index (χ0v) is 11.8. The number of hydrogen-bond acceptors (Lipinski definition) is 3. The molecule has 0 spiro atoms. The van der Waals surface area contributed by atoms with Crippen LogP contribution in [0.1, 0.15) is 13.8 Å². The van der Waals surface area contributed by atoms with Gasteiger partial charge in [0.25, 0.3) is 0 Å². The van der Waals surface area contributed by atoms with E-state index in [0.29, 0.717) is 6.54 Å². The predicted octanol–water partition coefficient (Wildman–Crippen LogP) is 1.76. The smallest absolute Gasteiger partial charge is 0.242 e. The van der Waals surface area contributed by atoms with Crippen molar-refractivity contribution in [2.24, 2.45) is 0 Å². The van der Waals surface area contributed by atoms with Crippen molar-refractivity contribution in [1.29, 1.82) is 0 Å². The highest BCUT2D eigenvalue weighted by Gasteiger charge is 2.17. The maximum atomic E-state index is 12.8. The van der Waals surface area contributed by atoms with E-state index in [1.165, 1.54) is 0 Å². The maximum absolute atomic E-state index is 12.8. The van der Waals surface area contributed by atoms with Gasteiger partial charge in [0.2, 0.25) is 10.0 Å². The topological polar surface area (TPSA) is 58.2 Å². The largest absolute Gasteiger partial charge is 0.313 e. The molecule has 18 heavy (non-hydrogen) atoms. The van der Waals surface area contributed by atoms with Crippen LogP contribution in [0.5, 0.6) is 0 Å². The zero-order chi connectivity index (χ0) is 13.8. The molecule has 0 aliphatic carbocycles. The molecule has 7 heteroatoms. The Morgan fingerprint density at radius 2 is 2.00 bits per heavy atom. The van der Waals surface area contributed by atoms with E-state index in [-0.39, 0.29) is 22.5 Å². The summed E-state index contributed by atoms with van der Waals surface area (Å²) in [5, 5.41) is 2.95. The molecule has 0 unspecified atom stereocenters. The van der Waals surface area contributed by atoms with Crippen molar-refractivity contribution in [2.75, 3.05) is 13.1 Å². The molecule has 102 valence electrons. The molecular formula is C11H16ClFN2O2S. The first-order valence-electron chi connectivity index (χ1n) is 5.51. The van der Waals surface area contributed by atoms with Crippen LogP contribution < -0.4 is 10.0 Å². The highest BCUT2D eigenvalue weighted by molar-refractivity contribution is 7.89. The van der Waals surface area contributed by atoms with Gasteiger partial charge in [-0.2, -0.15) is 0 Å². The van der Waals surface area contributed by atoms with Crippen LogP contribution in [0.2, 0.25) is 5.02 Å². The molecule has 0 radical (unpaired) electrons. The molecule has 0 bridgehead atoms. The third-order valence-corrected chi connectivity index (χ3v) is 4.10. The Labute approximate surface area is 112 Å². The third kappa shape index (κ3) is 4.53. The lowest BCUT2D eigenvalue weighted by Gasteiger charge is -2.10. The quantitative estimate of drug-likeness (QED) is 0.786. The van der Waals surface area contributed by atoms with E-state index in [1.807, 2.05) is 13.8 Å². The van der Waals surface area contributed by atoms with E-state index in [2.05, 4.69) is 10.0 Å². The summed E-state index contributed by atoms with van der Waals surface area (Å²) in [5.74, 6) is -0.569. The average molecular weight is 295 g/mol. The van der Waals surface area contributed by atoms with Gasteiger partial charge in [-0.1, -0.05) is 25.4 Å². The van der Waals surface area contributed by atoms with Gasteiger partial charge >= 0.3 is 0 Å². The number of rotatable bonds is 6. The summed E-state index contributed by atoms with van der Waals surface area (Å²) in [4.78, 5) is -0.116. The van der Waals surface area contributed by atoms with Gasteiger partial charge in [0.15, 0.2) is 0 Å². The highest BCUT2D eigenvalue weighted by Crippen LogP contribution is 2.21. The van der Waals surface area contributed by atoms with Crippen molar-refractivity contribution in [1.82, 2.24) is 10.0 Å². The van der Waals surface area contributed by atoms with E-state index < -0.39 is 15.8 Å². The van der Waals surface area contributed by atoms with Gasteiger partial charge in [0.05, 0.1) is 5.02 Å². The Bertz CT molecular complexity index is 506. The van der Waals surface area contributed by atoms with E-state index in [0.717, 1.165) is 18.2 Å². The molecule has 1 aromatic carbocycles. The summed E-state index contributed by atoms with van der Waals surface area (Å²) in [6.07, 6.45) is 0. The van der Waals surface area contributed by atoms with Crippen molar-refractivity contribution in [3.05, 3.63) is 29.0 Å². The SMILES string of the molecule is CC(C)NCCNS(=O)(=O)c1ccc(F)cc1Cl. The first-order chi connectivity index (χ1) is 8.33. The summed E-state index contributed by atoms with van der Waals surface area (Å²) >= 11 is 5.70. The molecule has 0 atom stereocenters. The zero-order valence-electron chi connectivity index (χ0n) is 10.2. The van der Waals surface area contributed by atoms with E-state index in [9.17, 15) is 12.8 Å². The van der Waals surface area contributed by atoms with Gasteiger partial charge in [0, 0.05) is 19.1 Å². The fourth-order valence-corrected chi connectivity index (χ4v) is 2.88. The molecule has 1 rings (SSSR count). The minimum atomic E-state index is -3.69. The minimum Gasteiger partial charge on any atom is -0.313 e. The van der Waals surface area contributed by atoms with E-state index in [1.54, 1.807) is 0 Å². The Morgan fingerprint density at radius 1 is 1.33 bits per heavy atom. The Kier molecular flexibility index (Phi) is 5.52. The normalized spacial score (nSPS) is 12.1. The van der Waals surface area contributed by atoms with Crippen LogP contribution in [0.25, 0.3) is 0 Å². The summed E-state index contributed by atoms with van der Waals surface area (Å²) in [6, 6.07) is 3.47. The van der Waals surface area contributed by atoms with Crippen LogP contribution >= 0.6 is 11.6 Å². The van der Waals surface area contributed by atoms with Crippen molar-refractivity contribution < 1.29 is 12.8 Å². The monoisotopic (exact) mass is 294 g/mol. The van der Waals surface area contributed by atoms with Crippen molar-refractivity contribution >= 4 is 21.6 Å². The highest BCUT2D eigenvalue weighted by atomic mass is 35.5. The first kappa shape index (κ1) is 15.4. The van der Waals surface area contributed by atoms with Crippen LogP contribution in [0.3, 0.4) is 0 Å². The maximum Gasteiger partial charge on any atom is 0.242 e. The lowest BCUT2D eigenvalue weighted by molar-refractivity contribution is 0.559. The molecule has 0 aliphatic heterocycles. The van der Waals surface area contributed by atoms with Gasteiger partial charge in [-0.3, -0.25) is 0 Å². The summed E-state index contributed by atoms with van der Waals surface area (Å²) in [6.45, 7) is 4.68. The van der Waals surface area contributed by atoms with Crippen LogP contribution in [0, 0.1) is 5.82 Å². The van der Waals surface area contributed by atoms with Crippen molar-refractivity contribution in [3.8, 4) is 0 Å². The molecule has 2 N–H and O–H groups in total. The number of benzene rings is 1. The lowest BCUT2D eigenvalue weighted by atomic mass is 10.3. The van der Waals surface area contributed by atoms with Crippen LogP contribution in [-0.4, -0.2) is 27.5 Å². The first-order valence-corrected chi connectivity index (χ1v) is 7.37. The fourth-order valence-electron chi connectivity index (χ4n) is 1.32. The van der Waals surface area contributed by atoms with Crippen LogP contribution in [0.15, 0.2) is 23.1 Å². The van der Waals surface area contributed by atoms with Crippen LogP contribution in [-0.2, 0) is 10.0 Å². The minimum absolute atomic E-state index is 0.116. The number of hydrogen-bond donors (Lipinski definition) is 2. The number of halogens is 2. The molecule has 0 saturated heterocycles. The number of sulfonamides is 1. The molecule has 0 aromatic heterocycles. The Morgan fingerprint density at radius 3 is 2.56 bits per heavy atom. The van der Waals surface area contributed by atoms with Crippen molar-refractivity contribution in [3.63, 3.8) is 0 Å². The van der Waals surface area contributed by atoms with Gasteiger partial charge < -0.3 is 5.32 Å². The summed E-state index contributed by atoms with van der Waals surface area (Å²) in [5.41, 5.74) is 0. The molecule has 0 fully saturated rings. The van der Waals surface area contributed by atoms with Gasteiger partial charge in [-0.25, -0.2) is 17.5 Å². The second kappa shape index (κ2) is 6.47. The molecule has 0 heterocycles. The van der Waals surface area contributed by atoms with Gasteiger partial charge in [-0.05, 0) is 18.2 Å². The predicted molar refractivity (Wildman–Crippen MR) is 69.7 cm³/mol. The van der Waals surface area contributed by atoms with Gasteiger partial charge in [0.1, 0.15) is 10.7 Å². The standard InChI is InChI=1S/C11H16ClFN2O2S/c1-8(2)14-5-6-15-18(16,17)11-4-3-9(13)7-10(11)12/h3-4,7-8,14-15H,5-6H2,1-2H3. The molecular weight excluding hydrogens is 279 g/mol. The Hall–Kier alpha value is -0.690. The van der Waals surface area contributed by atoms with E-state index in [4.69, 9.17) is 11.6 Å². The van der Waals surface area contributed by atoms with E-state index >= 15 is 0 Å². The number of nitrogens with one attached hydrogen (secondary N) is 2. The molecule has 0 aliphatic rings. The summed E-state index contributed by atoms with van der Waals surface area (Å²) < 4.78 is 38.9. The second-order valence-corrected chi connectivity index (χ2v) is 6.22. The van der Waals surface area contributed by atoms with Crippen LogP contribution in [0.4, 0.5) is 4.39 Å². The fraction of sp³-hybridized carbons (Fsp3) is 0.455. The van der Waals surface area contributed by atoms with Crippen molar-refractivity contribution in [2.45, 2.75) is 24.8 Å². The molecule has 1 aromatic rings.